The highest BCUT2D eigenvalue weighted by Gasteiger charge is 2.46. The molecule has 1 aliphatic carbocycles. The number of terminal acetylenes is 1. The molecule has 0 saturated carbocycles. The molecule has 2 aromatic carbocycles. The normalized spacial score (nSPS) is 30.1. The summed E-state index contributed by atoms with van der Waals surface area (Å²) in [5, 5.41) is 35.7. The maximum Gasteiger partial charge on any atom is 0.229 e. The number of hydrogen-bond donors (Lipinski definition) is 6. The number of anilines is 1. The number of methoxy groups -OCH3 is 3. The van der Waals surface area contributed by atoms with Gasteiger partial charge in [-0.25, -0.2) is 0 Å². The van der Waals surface area contributed by atoms with Crippen molar-refractivity contribution in [2.45, 2.75) is 165 Å². The molecule has 3 aliphatic heterocycles. The molecule has 8 unspecified atom stereocenters. The molecule has 17 nitrogen and oxygen atoms in total. The Labute approximate surface area is 459 Å². The van der Waals surface area contributed by atoms with Gasteiger partial charge in [0.15, 0.2) is 29.9 Å². The van der Waals surface area contributed by atoms with Crippen LogP contribution < -0.4 is 30.7 Å². The molecule has 3 heterocycles. The second kappa shape index (κ2) is 27.6. The van der Waals surface area contributed by atoms with E-state index in [1.54, 1.807) is 62.4 Å². The molecule has 0 spiro atoms. The molecule has 3 saturated heterocycles. The Hall–Kier alpha value is -4.23. The number of hydroxylamine groups is 1. The quantitative estimate of drug-likeness (QED) is 0.0279. The van der Waals surface area contributed by atoms with Gasteiger partial charge in [-0.3, -0.25) is 14.4 Å². The largest absolute Gasteiger partial charge is 0.492 e. The fourth-order valence-electron chi connectivity index (χ4n) is 9.69. The molecule has 2 aromatic rings. The van der Waals surface area contributed by atoms with E-state index in [4.69, 9.17) is 54.9 Å². The highest BCUT2D eigenvalue weighted by Crippen LogP contribution is 2.49. The van der Waals surface area contributed by atoms with Crippen LogP contribution in [0.4, 0.5) is 5.69 Å². The van der Waals surface area contributed by atoms with E-state index in [2.05, 4.69) is 48.5 Å². The predicted molar refractivity (Wildman–Crippen MR) is 297 cm³/mol. The molecule has 0 radical (unpaired) electrons. The highest BCUT2D eigenvalue weighted by atomic mass is 33.1. The summed E-state index contributed by atoms with van der Waals surface area (Å²) in [5.41, 5.74) is 14.2. The first-order valence-electron chi connectivity index (χ1n) is 25.4. The fraction of sp³-hybridized carbons (Fsp3) is 0.571. The van der Waals surface area contributed by atoms with Gasteiger partial charge in [0.1, 0.15) is 24.4 Å². The number of likely N-dealkylation sites (N-methyl/N-ethyl adjacent to an activating group) is 1. The van der Waals surface area contributed by atoms with Gasteiger partial charge in [0.2, 0.25) is 17.2 Å². The number of carbonyl (C=O) groups is 2. The van der Waals surface area contributed by atoms with Gasteiger partial charge < -0.3 is 64.3 Å². The monoisotopic (exact) mass is 1110 g/mol. The van der Waals surface area contributed by atoms with Crippen molar-refractivity contribution in [1.82, 2.24) is 10.8 Å². The molecule has 0 aromatic heterocycles. The number of thioether (sulfide) groups is 1. The number of nitrogen functional groups attached to an aromatic ring is 1. The summed E-state index contributed by atoms with van der Waals surface area (Å²) < 4.78 is 48.1. The Morgan fingerprint density at radius 1 is 0.934 bits per heavy atom. The van der Waals surface area contributed by atoms with Crippen LogP contribution >= 0.6 is 33.3 Å². The molecule has 6 rings (SSSR count). The summed E-state index contributed by atoms with van der Waals surface area (Å²) in [6.45, 7) is 15.2. The van der Waals surface area contributed by atoms with Crippen LogP contribution in [0.1, 0.15) is 94.3 Å². The van der Waals surface area contributed by atoms with Crippen LogP contribution in [0.3, 0.4) is 0 Å². The zero-order valence-electron chi connectivity index (χ0n) is 45.4. The number of nitrogens with one attached hydrogen (secondary N) is 2. The summed E-state index contributed by atoms with van der Waals surface area (Å²) in [7, 11) is 9.41. The fourth-order valence-corrected chi connectivity index (χ4v) is 13.3. The third kappa shape index (κ3) is 14.3. The van der Waals surface area contributed by atoms with Gasteiger partial charge in [-0.1, -0.05) is 76.2 Å². The van der Waals surface area contributed by atoms with Crippen molar-refractivity contribution in [3.05, 3.63) is 81.6 Å². The van der Waals surface area contributed by atoms with Crippen molar-refractivity contribution in [2.24, 2.45) is 5.92 Å². The van der Waals surface area contributed by atoms with Crippen LogP contribution in [0.2, 0.25) is 0 Å². The molecule has 416 valence electrons. The Bertz CT molecular complexity index is 2550. The number of benzene rings is 2. The first-order valence-corrected chi connectivity index (χ1v) is 28.6. The molecule has 3 fully saturated rings. The van der Waals surface area contributed by atoms with Gasteiger partial charge in [-0.05, 0) is 107 Å². The number of aliphatic hydroxyl groups excluding tert-OH is 3. The van der Waals surface area contributed by atoms with Gasteiger partial charge >= 0.3 is 0 Å². The summed E-state index contributed by atoms with van der Waals surface area (Å²) in [6.07, 6.45) is 2.10. The van der Waals surface area contributed by atoms with Crippen LogP contribution in [-0.2, 0) is 38.1 Å². The zero-order chi connectivity index (χ0) is 55.6. The van der Waals surface area contributed by atoms with Crippen molar-refractivity contribution < 1.29 is 67.6 Å². The van der Waals surface area contributed by atoms with Gasteiger partial charge in [-0.15, -0.1) is 6.42 Å². The van der Waals surface area contributed by atoms with Crippen LogP contribution in [0.15, 0.2) is 59.3 Å². The first-order chi connectivity index (χ1) is 36.2. The number of carbonyl (C=O) groups excluding carboxylic acids is 2. The Morgan fingerprint density at radius 2 is 1.63 bits per heavy atom. The third-order valence-corrected chi connectivity index (χ3v) is 18.5. The standard InChI is InChI=1S/C56H75N3O14S3/c1-14-15-16-17-18-40(45-37(29(2)27-38(60)47(45)58-10)25-26-74-76-56(8,9)35-19-21-36(57)22-20-35)71-43-28-39(61)46(33(6)69-43)59-73-42-24-23-41(32(5)68-42)75-54(64)44-30(3)31(4)50(53(67-13)51(44)65-11)72-55-49(63)52(66-12)48(62)34(7)70-55/h1,15-16,19-22,25,29,32-34,39-43,46,48-49,52,55,58-59,61-63H,23-24,26-28,57H2,2-13H3/b16-15-,37-25-/t29?,32?,33?,34-,39?,40-,41-,42?,43?,46+,48?,49+,52+,55?/m0/s1. The zero-order valence-corrected chi connectivity index (χ0v) is 47.8. The lowest BCUT2D eigenvalue weighted by Crippen LogP contribution is -2.59. The molecule has 4 aliphatic rings. The number of ether oxygens (including phenoxy) is 8. The van der Waals surface area contributed by atoms with E-state index in [1.165, 1.54) is 27.4 Å². The van der Waals surface area contributed by atoms with Crippen molar-refractivity contribution >= 4 is 49.9 Å². The minimum Gasteiger partial charge on any atom is -0.492 e. The van der Waals surface area contributed by atoms with E-state index in [0.717, 1.165) is 22.9 Å². The summed E-state index contributed by atoms with van der Waals surface area (Å²) >= 11 is 1.12. The SMILES string of the molecule is C#C/C=C\C#C[C@H](OC1CC(O)[C@H](NOC2CC[C@H](SC(=O)c3c(C)c(C)c(OC4O[C@@H](C)C(O)[C@@H](OC)[C@H]4O)c(OC)c3OC)C(C)O2)C(C)O1)C1=C(NC)C(=O)CC(C)/C1=C/CSSC(C)(C)c1ccc(N)cc1. The van der Waals surface area contributed by atoms with Crippen LogP contribution in [-0.4, -0.2) is 139 Å². The number of hydrogen-bond acceptors (Lipinski definition) is 20. The lowest BCUT2D eigenvalue weighted by molar-refractivity contribution is -0.273. The molecule has 0 amide bonds. The van der Waals surface area contributed by atoms with Crippen molar-refractivity contribution in [1.29, 1.82) is 0 Å². The molecule has 14 atom stereocenters. The average molecular weight is 1110 g/mol. The number of rotatable bonds is 19. The third-order valence-electron chi connectivity index (χ3n) is 14.1. The van der Waals surface area contributed by atoms with Crippen LogP contribution in [0.5, 0.6) is 17.2 Å². The molecular weight excluding hydrogens is 1030 g/mol. The second-order valence-corrected chi connectivity index (χ2v) is 23.9. The van der Waals surface area contributed by atoms with Crippen molar-refractivity contribution in [3.8, 4) is 41.4 Å². The summed E-state index contributed by atoms with van der Waals surface area (Å²) in [5.74, 6) is 9.57. The Kier molecular flexibility index (Phi) is 22.1. The lowest BCUT2D eigenvalue weighted by atomic mass is 9.79. The number of allylic oxidation sites excluding steroid dienone is 3. The number of ketones is 1. The average Bonchev–Trinajstić information content (AvgIpc) is 3.37. The topological polar surface area (TPSA) is 228 Å². The predicted octanol–water partition coefficient (Wildman–Crippen LogP) is 6.82. The second-order valence-electron chi connectivity index (χ2n) is 19.7. The number of nitrogens with two attached hydrogens (primary N) is 1. The van der Waals surface area contributed by atoms with Gasteiger partial charge in [0.25, 0.3) is 0 Å². The minimum atomic E-state index is -1.34. The Morgan fingerprint density at radius 3 is 2.26 bits per heavy atom. The number of aliphatic hydroxyl groups is 3. The smallest absolute Gasteiger partial charge is 0.229 e. The molecule has 7 N–H and O–H groups in total. The summed E-state index contributed by atoms with van der Waals surface area (Å²) in [6, 6.07) is 7.23. The molecule has 20 heteroatoms. The molecular formula is C56H75N3O14S3. The maximum absolute atomic E-state index is 14.2. The number of Topliss-reactive ketones (excluding diaryl/α,β-unsaturated/α-hetero) is 1. The molecule has 76 heavy (non-hydrogen) atoms. The van der Waals surface area contributed by atoms with E-state index < -0.39 is 73.7 Å². The van der Waals surface area contributed by atoms with Crippen LogP contribution in [0, 0.1) is 44.0 Å². The first kappa shape index (κ1) is 61.0. The summed E-state index contributed by atoms with van der Waals surface area (Å²) in [4.78, 5) is 33.9. The minimum absolute atomic E-state index is 0.0537. The maximum atomic E-state index is 14.2. The van der Waals surface area contributed by atoms with E-state index in [-0.39, 0.29) is 50.5 Å². The van der Waals surface area contributed by atoms with Crippen molar-refractivity contribution in [3.63, 3.8) is 0 Å². The molecule has 0 bridgehead atoms. The Balaban J connectivity index is 1.08. The van der Waals surface area contributed by atoms with E-state index in [0.29, 0.717) is 58.7 Å². The van der Waals surface area contributed by atoms with Crippen molar-refractivity contribution in [2.75, 3.05) is 39.9 Å². The van der Waals surface area contributed by atoms with E-state index in [1.807, 2.05) is 38.1 Å². The van der Waals surface area contributed by atoms with Crippen LogP contribution in [0.25, 0.3) is 0 Å². The van der Waals surface area contributed by atoms with Gasteiger partial charge in [0.05, 0.1) is 55.9 Å². The van der Waals surface area contributed by atoms with Gasteiger partial charge in [0, 0.05) is 60.4 Å². The lowest BCUT2D eigenvalue weighted by Gasteiger charge is -2.41. The van der Waals surface area contributed by atoms with E-state index in [9.17, 15) is 24.9 Å². The highest BCUT2D eigenvalue weighted by molar-refractivity contribution is 8.77. The van der Waals surface area contributed by atoms with Gasteiger partial charge in [-0.2, -0.15) is 5.48 Å². The van der Waals surface area contributed by atoms with E-state index >= 15 is 0 Å².